The Morgan fingerprint density at radius 2 is 1.68 bits per heavy atom. The van der Waals surface area contributed by atoms with Gasteiger partial charge in [-0.25, -0.2) is 0 Å². The minimum absolute atomic E-state index is 0.220. The SMILES string of the molecule is NC1CN(CC23CC4CC(CC(C4)C2)C3)CCC1=O. The molecule has 0 radical (unpaired) electrons. The smallest absolute Gasteiger partial charge is 0.152 e. The maximum atomic E-state index is 11.6. The van der Waals surface area contributed by atoms with Gasteiger partial charge in [-0.3, -0.25) is 4.79 Å². The van der Waals surface area contributed by atoms with Crippen molar-refractivity contribution in [3.63, 3.8) is 0 Å². The van der Waals surface area contributed by atoms with E-state index >= 15 is 0 Å². The zero-order valence-corrected chi connectivity index (χ0v) is 11.8. The first-order valence-electron chi connectivity index (χ1n) is 8.13. The molecule has 1 heterocycles. The number of hydrogen-bond donors (Lipinski definition) is 1. The van der Waals surface area contributed by atoms with Crippen molar-refractivity contribution < 1.29 is 4.79 Å². The van der Waals surface area contributed by atoms with Crippen molar-refractivity contribution in [3.05, 3.63) is 0 Å². The van der Waals surface area contributed by atoms with E-state index in [0.717, 1.165) is 30.8 Å². The fourth-order valence-electron chi connectivity index (χ4n) is 6.03. The summed E-state index contributed by atoms with van der Waals surface area (Å²) in [4.78, 5) is 14.1. The molecule has 2 N–H and O–H groups in total. The maximum Gasteiger partial charge on any atom is 0.152 e. The highest BCUT2D eigenvalue weighted by atomic mass is 16.1. The van der Waals surface area contributed by atoms with E-state index in [-0.39, 0.29) is 11.8 Å². The summed E-state index contributed by atoms with van der Waals surface area (Å²) >= 11 is 0. The second-order valence-corrected chi connectivity index (χ2v) is 7.98. The Morgan fingerprint density at radius 1 is 1.11 bits per heavy atom. The first-order chi connectivity index (χ1) is 9.12. The number of rotatable bonds is 2. The topological polar surface area (TPSA) is 46.3 Å². The van der Waals surface area contributed by atoms with E-state index in [1.165, 1.54) is 45.1 Å². The molecule has 3 nitrogen and oxygen atoms in total. The van der Waals surface area contributed by atoms with E-state index < -0.39 is 0 Å². The van der Waals surface area contributed by atoms with Gasteiger partial charge in [0.15, 0.2) is 5.78 Å². The van der Waals surface area contributed by atoms with Gasteiger partial charge >= 0.3 is 0 Å². The first-order valence-corrected chi connectivity index (χ1v) is 8.13. The molecule has 1 atom stereocenters. The van der Waals surface area contributed by atoms with Gasteiger partial charge in [0, 0.05) is 26.1 Å². The number of piperidine rings is 1. The summed E-state index contributed by atoms with van der Waals surface area (Å²) in [5.74, 6) is 3.32. The first kappa shape index (κ1) is 12.3. The molecular formula is C16H26N2O. The van der Waals surface area contributed by atoms with Crippen molar-refractivity contribution in [3.8, 4) is 0 Å². The van der Waals surface area contributed by atoms with Crippen LogP contribution in [-0.2, 0) is 4.79 Å². The average molecular weight is 262 g/mol. The maximum absolute atomic E-state index is 11.6. The zero-order valence-electron chi connectivity index (χ0n) is 11.8. The summed E-state index contributed by atoms with van der Waals surface area (Å²) in [7, 11) is 0. The van der Waals surface area contributed by atoms with Crippen molar-refractivity contribution in [2.45, 2.75) is 51.0 Å². The Balaban J connectivity index is 1.46. The highest BCUT2D eigenvalue weighted by molar-refractivity contribution is 5.84. The quantitative estimate of drug-likeness (QED) is 0.825. The number of nitrogens with zero attached hydrogens (tertiary/aromatic N) is 1. The van der Waals surface area contributed by atoms with E-state index in [0.29, 0.717) is 11.8 Å². The van der Waals surface area contributed by atoms with Crippen molar-refractivity contribution in [2.75, 3.05) is 19.6 Å². The Hall–Kier alpha value is -0.410. The van der Waals surface area contributed by atoms with Crippen molar-refractivity contribution in [2.24, 2.45) is 28.9 Å². The van der Waals surface area contributed by atoms with Crippen LogP contribution in [0.5, 0.6) is 0 Å². The fourth-order valence-corrected chi connectivity index (χ4v) is 6.03. The minimum atomic E-state index is -0.220. The standard InChI is InChI=1S/C16H26N2O/c17-14-9-18(2-1-15(14)19)10-16-6-11-3-12(7-16)5-13(4-11)8-16/h11-14H,1-10,17H2. The van der Waals surface area contributed by atoms with Crippen LogP contribution >= 0.6 is 0 Å². The summed E-state index contributed by atoms with van der Waals surface area (Å²) in [5.41, 5.74) is 6.54. The molecule has 4 aliphatic carbocycles. The minimum Gasteiger partial charge on any atom is -0.320 e. The number of likely N-dealkylation sites (tertiary alicyclic amines) is 1. The van der Waals surface area contributed by atoms with Gasteiger partial charge in [0.1, 0.15) is 0 Å². The molecule has 1 aliphatic heterocycles. The van der Waals surface area contributed by atoms with E-state index in [1.54, 1.807) is 0 Å². The Morgan fingerprint density at radius 3 is 2.21 bits per heavy atom. The molecule has 1 unspecified atom stereocenters. The molecule has 3 heteroatoms. The van der Waals surface area contributed by atoms with Gasteiger partial charge in [-0.1, -0.05) is 0 Å². The summed E-state index contributed by atoms with van der Waals surface area (Å²) in [6, 6.07) is -0.220. The molecule has 0 spiro atoms. The Kier molecular flexibility index (Phi) is 2.79. The lowest BCUT2D eigenvalue weighted by Crippen LogP contribution is -2.55. The third-order valence-corrected chi connectivity index (χ3v) is 6.27. The van der Waals surface area contributed by atoms with Crippen LogP contribution in [0.25, 0.3) is 0 Å². The average Bonchev–Trinajstić information content (AvgIpc) is 2.31. The summed E-state index contributed by atoms with van der Waals surface area (Å²) in [6.07, 6.45) is 9.58. The number of Topliss-reactive ketones (excluding diaryl/α,β-unsaturated/α-hetero) is 1. The monoisotopic (exact) mass is 262 g/mol. The molecule has 5 rings (SSSR count). The molecular weight excluding hydrogens is 236 g/mol. The van der Waals surface area contributed by atoms with Crippen LogP contribution in [0.2, 0.25) is 0 Å². The number of nitrogens with two attached hydrogens (primary N) is 1. The fraction of sp³-hybridized carbons (Fsp3) is 0.938. The van der Waals surface area contributed by atoms with Crippen LogP contribution < -0.4 is 5.73 Å². The molecule has 0 aromatic carbocycles. The van der Waals surface area contributed by atoms with Crippen molar-refractivity contribution in [1.29, 1.82) is 0 Å². The van der Waals surface area contributed by atoms with Crippen LogP contribution in [0.1, 0.15) is 44.9 Å². The Bertz CT molecular complexity index is 357. The Labute approximate surface area is 115 Å². The second-order valence-electron chi connectivity index (χ2n) is 7.98. The van der Waals surface area contributed by atoms with Crippen LogP contribution in [0.15, 0.2) is 0 Å². The van der Waals surface area contributed by atoms with Gasteiger partial charge in [-0.15, -0.1) is 0 Å². The van der Waals surface area contributed by atoms with Crippen molar-refractivity contribution in [1.82, 2.24) is 4.90 Å². The number of hydrogen-bond acceptors (Lipinski definition) is 3. The third kappa shape index (κ3) is 2.15. The van der Waals surface area contributed by atoms with Crippen LogP contribution in [0.4, 0.5) is 0 Å². The zero-order chi connectivity index (χ0) is 13.0. The summed E-state index contributed by atoms with van der Waals surface area (Å²) in [5, 5.41) is 0. The van der Waals surface area contributed by atoms with Gasteiger partial charge in [0.05, 0.1) is 6.04 Å². The van der Waals surface area contributed by atoms with Gasteiger partial charge in [-0.2, -0.15) is 0 Å². The molecule has 5 aliphatic rings. The highest BCUT2D eigenvalue weighted by Gasteiger charge is 2.51. The molecule has 19 heavy (non-hydrogen) atoms. The lowest BCUT2D eigenvalue weighted by molar-refractivity contribution is -0.124. The van der Waals surface area contributed by atoms with Gasteiger partial charge < -0.3 is 10.6 Å². The van der Waals surface area contributed by atoms with Crippen LogP contribution in [0, 0.1) is 23.2 Å². The molecule has 4 saturated carbocycles. The van der Waals surface area contributed by atoms with E-state index in [1.807, 2.05) is 0 Å². The van der Waals surface area contributed by atoms with E-state index in [9.17, 15) is 4.79 Å². The van der Waals surface area contributed by atoms with E-state index in [4.69, 9.17) is 5.73 Å². The summed E-state index contributed by atoms with van der Waals surface area (Å²) < 4.78 is 0. The molecule has 1 saturated heterocycles. The normalized spacial score (nSPS) is 49.8. The lowest BCUT2D eigenvalue weighted by Gasteiger charge is -2.58. The molecule has 0 amide bonds. The lowest BCUT2D eigenvalue weighted by atomic mass is 9.49. The van der Waals surface area contributed by atoms with Gasteiger partial charge in [0.25, 0.3) is 0 Å². The molecule has 0 aromatic heterocycles. The number of ketones is 1. The van der Waals surface area contributed by atoms with Gasteiger partial charge in [-0.05, 0) is 61.7 Å². The largest absolute Gasteiger partial charge is 0.320 e. The third-order valence-electron chi connectivity index (χ3n) is 6.27. The summed E-state index contributed by atoms with van der Waals surface area (Å²) in [6.45, 7) is 2.98. The van der Waals surface area contributed by atoms with Crippen LogP contribution in [0.3, 0.4) is 0 Å². The molecule has 106 valence electrons. The number of carbonyl (C=O) groups is 1. The number of carbonyl (C=O) groups excluding carboxylic acids is 1. The molecule has 5 fully saturated rings. The van der Waals surface area contributed by atoms with Crippen molar-refractivity contribution >= 4 is 5.78 Å². The molecule has 4 bridgehead atoms. The predicted molar refractivity (Wildman–Crippen MR) is 74.6 cm³/mol. The van der Waals surface area contributed by atoms with Crippen LogP contribution in [-0.4, -0.2) is 36.4 Å². The predicted octanol–water partition coefficient (Wildman–Crippen LogP) is 1.80. The second kappa shape index (κ2) is 4.29. The van der Waals surface area contributed by atoms with Gasteiger partial charge in [0.2, 0.25) is 0 Å². The van der Waals surface area contributed by atoms with E-state index in [2.05, 4.69) is 4.90 Å². The highest BCUT2D eigenvalue weighted by Crippen LogP contribution is 2.60. The molecule has 0 aromatic rings.